The topological polar surface area (TPSA) is 76.1 Å². The Bertz CT molecular complexity index is 659. The van der Waals surface area contributed by atoms with Crippen molar-refractivity contribution in [1.82, 2.24) is 15.2 Å². The van der Waals surface area contributed by atoms with Gasteiger partial charge >= 0.3 is 12.1 Å². The average molecular weight is 388 g/mol. The van der Waals surface area contributed by atoms with Crippen LogP contribution in [0, 0.1) is 5.92 Å². The molecule has 0 spiro atoms. The lowest BCUT2D eigenvalue weighted by atomic mass is 9.97. The van der Waals surface area contributed by atoms with Gasteiger partial charge in [-0.25, -0.2) is 4.98 Å². The summed E-state index contributed by atoms with van der Waals surface area (Å²) in [6.07, 6.45) is -1.75. The third kappa shape index (κ3) is 6.30. The molecular weight excluding hydrogens is 365 g/mol. The molecular formula is C17H23F3N4O3. The third-order valence-electron chi connectivity index (χ3n) is 4.20. The van der Waals surface area contributed by atoms with Crippen LogP contribution < -0.4 is 10.1 Å². The molecule has 0 saturated carbocycles. The van der Waals surface area contributed by atoms with Gasteiger partial charge in [-0.3, -0.25) is 9.79 Å². The van der Waals surface area contributed by atoms with E-state index in [0.29, 0.717) is 37.5 Å². The van der Waals surface area contributed by atoms with Gasteiger partial charge < -0.3 is 19.7 Å². The number of ether oxygens (including phenoxy) is 2. The second kappa shape index (κ2) is 9.43. The number of aliphatic imine (C=N–C) groups is 1. The lowest BCUT2D eigenvalue weighted by Crippen LogP contribution is -2.46. The maximum atomic E-state index is 12.4. The summed E-state index contributed by atoms with van der Waals surface area (Å²) < 4.78 is 46.7. The van der Waals surface area contributed by atoms with Gasteiger partial charge in [-0.2, -0.15) is 13.2 Å². The molecule has 7 nitrogen and oxygen atoms in total. The highest BCUT2D eigenvalue weighted by Gasteiger charge is 2.29. The van der Waals surface area contributed by atoms with Gasteiger partial charge in [0.05, 0.1) is 13.0 Å². The molecule has 1 aliphatic heterocycles. The molecule has 1 N–H and O–H groups in total. The molecule has 0 radical (unpaired) electrons. The average Bonchev–Trinajstić information content (AvgIpc) is 2.67. The van der Waals surface area contributed by atoms with E-state index in [1.807, 2.05) is 4.90 Å². The van der Waals surface area contributed by atoms with Gasteiger partial charge in [0.25, 0.3) is 0 Å². The van der Waals surface area contributed by atoms with Crippen molar-refractivity contribution in [2.24, 2.45) is 10.9 Å². The Labute approximate surface area is 155 Å². The van der Waals surface area contributed by atoms with Crippen molar-refractivity contribution in [3.05, 3.63) is 23.9 Å². The molecule has 1 fully saturated rings. The number of pyridine rings is 1. The standard InChI is InChI=1S/C17H23F3N4O3/c1-21-16(24-8-5-12(6-9-24)15(25)26-2)23-10-13-4-3-7-22-14(13)27-11-17(18,19)20/h3-4,7,12H,5-6,8-11H2,1-2H3,(H,21,23). The monoisotopic (exact) mass is 388 g/mol. The van der Waals surface area contributed by atoms with Crippen molar-refractivity contribution < 1.29 is 27.4 Å². The van der Waals surface area contributed by atoms with Crippen molar-refractivity contribution >= 4 is 11.9 Å². The molecule has 1 aromatic heterocycles. The molecule has 0 atom stereocenters. The van der Waals surface area contributed by atoms with Crippen LogP contribution in [-0.4, -0.2) is 61.8 Å². The minimum atomic E-state index is -4.43. The fraction of sp³-hybridized carbons (Fsp3) is 0.588. The van der Waals surface area contributed by atoms with Crippen LogP contribution in [0.1, 0.15) is 18.4 Å². The smallest absolute Gasteiger partial charge is 0.422 e. The van der Waals surface area contributed by atoms with Gasteiger partial charge in [0.15, 0.2) is 12.6 Å². The zero-order valence-electron chi connectivity index (χ0n) is 15.3. The Morgan fingerprint density at radius 2 is 2.11 bits per heavy atom. The molecule has 1 aromatic rings. The Morgan fingerprint density at radius 3 is 2.70 bits per heavy atom. The first-order chi connectivity index (χ1) is 12.8. The van der Waals surface area contributed by atoms with Gasteiger partial charge in [-0.05, 0) is 18.9 Å². The molecule has 1 saturated heterocycles. The van der Waals surface area contributed by atoms with E-state index < -0.39 is 12.8 Å². The number of piperidine rings is 1. The summed E-state index contributed by atoms with van der Waals surface area (Å²) in [7, 11) is 3.00. The van der Waals surface area contributed by atoms with Crippen molar-refractivity contribution in [2.45, 2.75) is 25.6 Å². The van der Waals surface area contributed by atoms with Crippen molar-refractivity contribution in [2.75, 3.05) is 33.9 Å². The summed E-state index contributed by atoms with van der Waals surface area (Å²) in [6.45, 7) is 0.0746. The second-order valence-corrected chi connectivity index (χ2v) is 6.06. The number of aromatic nitrogens is 1. The molecule has 27 heavy (non-hydrogen) atoms. The Hall–Kier alpha value is -2.52. The SMILES string of the molecule is CN=C(NCc1cccnc1OCC(F)(F)F)N1CCC(C(=O)OC)CC1. The lowest BCUT2D eigenvalue weighted by Gasteiger charge is -2.33. The zero-order chi connectivity index (χ0) is 19.9. The van der Waals surface area contributed by atoms with Crippen LogP contribution in [0.15, 0.2) is 23.3 Å². The Morgan fingerprint density at radius 1 is 1.41 bits per heavy atom. The molecule has 0 bridgehead atoms. The maximum Gasteiger partial charge on any atom is 0.422 e. The predicted octanol–water partition coefficient (Wildman–Crippen LogP) is 1.98. The number of esters is 1. The molecule has 10 heteroatoms. The molecule has 1 aliphatic rings. The first kappa shape index (κ1) is 20.8. The van der Waals surface area contributed by atoms with Gasteiger partial charge in [-0.15, -0.1) is 0 Å². The van der Waals surface area contributed by atoms with E-state index in [1.165, 1.54) is 13.3 Å². The second-order valence-electron chi connectivity index (χ2n) is 6.06. The minimum absolute atomic E-state index is 0.0674. The largest absolute Gasteiger partial charge is 0.469 e. The van der Waals surface area contributed by atoms with Gasteiger partial charge in [0.1, 0.15) is 0 Å². The summed E-state index contributed by atoms with van der Waals surface area (Å²) in [4.78, 5) is 21.7. The number of likely N-dealkylation sites (tertiary alicyclic amines) is 1. The highest BCUT2D eigenvalue weighted by Crippen LogP contribution is 2.21. The van der Waals surface area contributed by atoms with E-state index >= 15 is 0 Å². The molecule has 2 rings (SSSR count). The van der Waals surface area contributed by atoms with Crippen LogP contribution in [0.2, 0.25) is 0 Å². The number of carbonyl (C=O) groups excluding carboxylic acids is 1. The van der Waals surface area contributed by atoms with Crippen LogP contribution in [0.4, 0.5) is 13.2 Å². The summed E-state index contributed by atoms with van der Waals surface area (Å²) in [6, 6.07) is 3.27. The van der Waals surface area contributed by atoms with Crippen LogP contribution in [0.3, 0.4) is 0 Å². The minimum Gasteiger partial charge on any atom is -0.469 e. The highest BCUT2D eigenvalue weighted by atomic mass is 19.4. The number of nitrogens with one attached hydrogen (secondary N) is 1. The molecule has 150 valence electrons. The molecule has 0 amide bonds. The number of nitrogens with zero attached hydrogens (tertiary/aromatic N) is 3. The predicted molar refractivity (Wildman–Crippen MR) is 92.3 cm³/mol. The lowest BCUT2D eigenvalue weighted by molar-refractivity contribution is -0.154. The maximum absolute atomic E-state index is 12.4. The van der Waals surface area contributed by atoms with E-state index in [0.717, 1.165) is 0 Å². The van der Waals surface area contributed by atoms with Crippen LogP contribution in [-0.2, 0) is 16.1 Å². The number of methoxy groups -OCH3 is 1. The number of halogens is 3. The van der Waals surface area contributed by atoms with E-state index in [-0.39, 0.29) is 24.3 Å². The van der Waals surface area contributed by atoms with Crippen LogP contribution in [0.25, 0.3) is 0 Å². The van der Waals surface area contributed by atoms with E-state index in [1.54, 1.807) is 19.2 Å². The summed E-state index contributed by atoms with van der Waals surface area (Å²) in [5.41, 5.74) is 0.493. The fourth-order valence-corrected chi connectivity index (χ4v) is 2.84. The van der Waals surface area contributed by atoms with Crippen molar-refractivity contribution in [3.63, 3.8) is 0 Å². The first-order valence-corrected chi connectivity index (χ1v) is 8.51. The van der Waals surface area contributed by atoms with Crippen molar-refractivity contribution in [1.29, 1.82) is 0 Å². The van der Waals surface area contributed by atoms with Gasteiger partial charge in [0.2, 0.25) is 5.88 Å². The zero-order valence-corrected chi connectivity index (χ0v) is 15.3. The number of hydrogen-bond donors (Lipinski definition) is 1. The van der Waals surface area contributed by atoms with E-state index in [9.17, 15) is 18.0 Å². The summed E-state index contributed by atoms with van der Waals surface area (Å²) in [5.74, 6) is 0.204. The fourth-order valence-electron chi connectivity index (χ4n) is 2.84. The Balaban J connectivity index is 1.92. The van der Waals surface area contributed by atoms with Gasteiger partial charge in [-0.1, -0.05) is 6.07 Å². The number of guanidine groups is 1. The van der Waals surface area contributed by atoms with Gasteiger partial charge in [0, 0.05) is 38.4 Å². The van der Waals surface area contributed by atoms with E-state index in [2.05, 4.69) is 15.3 Å². The van der Waals surface area contributed by atoms with Crippen molar-refractivity contribution in [3.8, 4) is 5.88 Å². The van der Waals surface area contributed by atoms with Crippen LogP contribution in [0.5, 0.6) is 5.88 Å². The third-order valence-corrected chi connectivity index (χ3v) is 4.20. The molecule has 0 aliphatic carbocycles. The number of carbonyl (C=O) groups is 1. The van der Waals surface area contributed by atoms with E-state index in [4.69, 9.17) is 9.47 Å². The number of hydrogen-bond acceptors (Lipinski definition) is 5. The summed E-state index contributed by atoms with van der Waals surface area (Å²) in [5, 5.41) is 3.11. The molecule has 0 unspecified atom stereocenters. The number of alkyl halides is 3. The summed E-state index contributed by atoms with van der Waals surface area (Å²) >= 11 is 0. The molecule has 0 aromatic carbocycles. The Kier molecular flexibility index (Phi) is 7.26. The molecule has 2 heterocycles. The quantitative estimate of drug-likeness (QED) is 0.472. The normalized spacial score (nSPS) is 16.2. The number of rotatable bonds is 5. The van der Waals surface area contributed by atoms with Crippen LogP contribution >= 0.6 is 0 Å². The highest BCUT2D eigenvalue weighted by molar-refractivity contribution is 5.80. The first-order valence-electron chi connectivity index (χ1n) is 8.51.